The first-order valence-electron chi connectivity index (χ1n) is 6.45. The van der Waals surface area contributed by atoms with Gasteiger partial charge in [0.2, 0.25) is 0 Å². The van der Waals surface area contributed by atoms with Gasteiger partial charge in [-0.1, -0.05) is 18.2 Å². The van der Waals surface area contributed by atoms with Crippen LogP contribution in [0.3, 0.4) is 0 Å². The highest BCUT2D eigenvalue weighted by Crippen LogP contribution is 2.35. The van der Waals surface area contributed by atoms with E-state index in [4.69, 9.17) is 5.84 Å². The summed E-state index contributed by atoms with van der Waals surface area (Å²) in [6.07, 6.45) is -4.72. The number of para-hydroxylation sites is 1. The molecule has 0 heterocycles. The molecule has 1 amide bonds. The van der Waals surface area contributed by atoms with Crippen LogP contribution in [0.15, 0.2) is 53.4 Å². The van der Waals surface area contributed by atoms with Gasteiger partial charge in [0.25, 0.3) is 15.9 Å². The molecule has 0 aromatic heterocycles. The molecular weight excluding hydrogens is 347 g/mol. The maximum Gasteiger partial charge on any atom is 0.418 e. The van der Waals surface area contributed by atoms with E-state index in [0.29, 0.717) is 0 Å². The lowest BCUT2D eigenvalue weighted by molar-refractivity contribution is -0.136. The van der Waals surface area contributed by atoms with E-state index in [9.17, 15) is 26.4 Å². The minimum Gasteiger partial charge on any atom is -0.290 e. The normalized spacial score (nSPS) is 11.8. The Morgan fingerprint density at radius 3 is 2.33 bits per heavy atom. The van der Waals surface area contributed by atoms with Crippen molar-refractivity contribution < 1.29 is 26.4 Å². The van der Waals surface area contributed by atoms with E-state index < -0.39 is 33.4 Å². The van der Waals surface area contributed by atoms with Crippen molar-refractivity contribution in [1.82, 2.24) is 5.43 Å². The second-order valence-electron chi connectivity index (χ2n) is 4.65. The molecule has 0 saturated carbocycles. The summed E-state index contributed by atoms with van der Waals surface area (Å²) in [6.45, 7) is 0. The lowest BCUT2D eigenvalue weighted by Crippen LogP contribution is -2.30. The Balaban J connectivity index is 2.42. The SMILES string of the molecule is NNC(=O)c1cccc(S(=O)(=O)Nc2ccccc2C(F)(F)F)c1. The van der Waals surface area contributed by atoms with Gasteiger partial charge in [-0.2, -0.15) is 13.2 Å². The largest absolute Gasteiger partial charge is 0.418 e. The number of hydrazine groups is 1. The van der Waals surface area contributed by atoms with Crippen molar-refractivity contribution in [2.75, 3.05) is 4.72 Å². The molecule has 0 fully saturated rings. The second-order valence-corrected chi connectivity index (χ2v) is 6.33. The number of amides is 1. The molecule has 0 aliphatic carbocycles. The Kier molecular flexibility index (Phi) is 4.81. The van der Waals surface area contributed by atoms with E-state index in [2.05, 4.69) is 0 Å². The molecule has 0 atom stereocenters. The third-order valence-electron chi connectivity index (χ3n) is 3.01. The molecular formula is C14H12F3N3O3S. The van der Waals surface area contributed by atoms with Crippen molar-refractivity contribution in [2.24, 2.45) is 5.84 Å². The lowest BCUT2D eigenvalue weighted by Gasteiger charge is -2.14. The van der Waals surface area contributed by atoms with Crippen molar-refractivity contribution in [3.8, 4) is 0 Å². The number of nitrogens with one attached hydrogen (secondary N) is 2. The third kappa shape index (κ3) is 3.84. The van der Waals surface area contributed by atoms with Crippen LogP contribution < -0.4 is 16.0 Å². The number of hydrogen-bond donors (Lipinski definition) is 3. The number of alkyl halides is 3. The molecule has 128 valence electrons. The average molecular weight is 359 g/mol. The van der Waals surface area contributed by atoms with Crippen molar-refractivity contribution in [1.29, 1.82) is 0 Å². The van der Waals surface area contributed by atoms with Crippen molar-refractivity contribution in [3.05, 3.63) is 59.7 Å². The minimum atomic E-state index is -4.72. The number of nitrogens with two attached hydrogens (primary N) is 1. The van der Waals surface area contributed by atoms with Crippen LogP contribution in [0.4, 0.5) is 18.9 Å². The zero-order valence-electron chi connectivity index (χ0n) is 12.0. The molecule has 0 spiro atoms. The lowest BCUT2D eigenvalue weighted by atomic mass is 10.2. The van der Waals surface area contributed by atoms with Crippen molar-refractivity contribution in [2.45, 2.75) is 11.1 Å². The first-order valence-corrected chi connectivity index (χ1v) is 7.93. The van der Waals surface area contributed by atoms with Crippen LogP contribution in [0, 0.1) is 0 Å². The van der Waals surface area contributed by atoms with Crippen LogP contribution in [-0.4, -0.2) is 14.3 Å². The Labute approximate surface area is 135 Å². The number of halogens is 3. The summed E-state index contributed by atoms with van der Waals surface area (Å²) in [5.41, 5.74) is 0.0511. The van der Waals surface area contributed by atoms with Gasteiger partial charge in [0, 0.05) is 5.56 Å². The fraction of sp³-hybridized carbons (Fsp3) is 0.0714. The Bertz CT molecular complexity index is 867. The standard InChI is InChI=1S/C14H12F3N3O3S/c15-14(16,17)11-6-1-2-7-12(11)20-24(22,23)10-5-3-4-9(8-10)13(21)19-18/h1-8,20H,18H2,(H,19,21). The van der Waals surface area contributed by atoms with Gasteiger partial charge >= 0.3 is 6.18 Å². The predicted molar refractivity (Wildman–Crippen MR) is 80.3 cm³/mol. The molecule has 10 heteroatoms. The molecule has 24 heavy (non-hydrogen) atoms. The fourth-order valence-electron chi connectivity index (χ4n) is 1.91. The summed E-state index contributed by atoms with van der Waals surface area (Å²) >= 11 is 0. The topological polar surface area (TPSA) is 101 Å². The van der Waals surface area contributed by atoms with Gasteiger partial charge in [0.1, 0.15) is 0 Å². The summed E-state index contributed by atoms with van der Waals surface area (Å²) in [5, 5.41) is 0. The molecule has 6 nitrogen and oxygen atoms in total. The molecule has 2 aromatic rings. The summed E-state index contributed by atoms with van der Waals surface area (Å²) in [6, 6.07) is 8.90. The number of carbonyl (C=O) groups is 1. The third-order valence-corrected chi connectivity index (χ3v) is 4.38. The van der Waals surface area contributed by atoms with E-state index in [1.165, 1.54) is 18.2 Å². The fourth-order valence-corrected chi connectivity index (χ4v) is 3.04. The molecule has 0 saturated heterocycles. The first kappa shape index (κ1) is 17.8. The summed E-state index contributed by atoms with van der Waals surface area (Å²) in [4.78, 5) is 11.1. The van der Waals surface area contributed by atoms with E-state index in [1.54, 1.807) is 0 Å². The Hall–Kier alpha value is -2.59. The van der Waals surface area contributed by atoms with Gasteiger partial charge < -0.3 is 0 Å². The van der Waals surface area contributed by atoms with Gasteiger partial charge in [-0.05, 0) is 30.3 Å². The van der Waals surface area contributed by atoms with Crippen molar-refractivity contribution in [3.63, 3.8) is 0 Å². The van der Waals surface area contributed by atoms with E-state index in [1.807, 2.05) is 10.1 Å². The summed E-state index contributed by atoms with van der Waals surface area (Å²) in [7, 11) is -4.33. The first-order chi connectivity index (χ1) is 11.1. The molecule has 0 bridgehead atoms. The van der Waals surface area contributed by atoms with Crippen LogP contribution >= 0.6 is 0 Å². The van der Waals surface area contributed by atoms with E-state index in [-0.39, 0.29) is 10.5 Å². The smallest absolute Gasteiger partial charge is 0.290 e. The number of sulfonamides is 1. The number of benzene rings is 2. The number of carbonyl (C=O) groups excluding carboxylic acids is 1. The van der Waals surface area contributed by atoms with E-state index >= 15 is 0 Å². The van der Waals surface area contributed by atoms with Crippen LogP contribution in [0.2, 0.25) is 0 Å². The zero-order chi connectivity index (χ0) is 18.0. The van der Waals surface area contributed by atoms with Crippen LogP contribution in [0.25, 0.3) is 0 Å². The minimum absolute atomic E-state index is 0.0514. The van der Waals surface area contributed by atoms with Gasteiger partial charge in [0.05, 0.1) is 16.1 Å². The molecule has 4 N–H and O–H groups in total. The number of hydrogen-bond acceptors (Lipinski definition) is 4. The van der Waals surface area contributed by atoms with Crippen LogP contribution in [0.5, 0.6) is 0 Å². The quantitative estimate of drug-likeness (QED) is 0.442. The highest BCUT2D eigenvalue weighted by molar-refractivity contribution is 7.92. The molecule has 2 aromatic carbocycles. The van der Waals surface area contributed by atoms with Crippen LogP contribution in [0.1, 0.15) is 15.9 Å². The van der Waals surface area contributed by atoms with Crippen LogP contribution in [-0.2, 0) is 16.2 Å². The predicted octanol–water partition coefficient (Wildman–Crippen LogP) is 2.11. The summed E-state index contributed by atoms with van der Waals surface area (Å²) < 4.78 is 65.3. The van der Waals surface area contributed by atoms with Gasteiger partial charge in [-0.15, -0.1) is 0 Å². The van der Waals surface area contributed by atoms with E-state index in [0.717, 1.165) is 30.3 Å². The monoisotopic (exact) mass is 359 g/mol. The highest BCUT2D eigenvalue weighted by Gasteiger charge is 2.34. The van der Waals surface area contributed by atoms with Crippen molar-refractivity contribution >= 4 is 21.6 Å². The van der Waals surface area contributed by atoms with Gasteiger partial charge in [-0.3, -0.25) is 14.9 Å². The average Bonchev–Trinajstić information content (AvgIpc) is 2.53. The maximum absolute atomic E-state index is 12.9. The number of rotatable bonds is 4. The zero-order valence-corrected chi connectivity index (χ0v) is 12.8. The maximum atomic E-state index is 12.9. The number of anilines is 1. The second kappa shape index (κ2) is 6.49. The molecule has 0 unspecified atom stereocenters. The molecule has 2 rings (SSSR count). The number of nitrogen functional groups attached to an aromatic ring is 1. The molecule has 0 aliphatic rings. The molecule has 0 radical (unpaired) electrons. The molecule has 0 aliphatic heterocycles. The van der Waals surface area contributed by atoms with Gasteiger partial charge in [-0.25, -0.2) is 14.3 Å². The van der Waals surface area contributed by atoms with Gasteiger partial charge in [0.15, 0.2) is 0 Å². The highest BCUT2D eigenvalue weighted by atomic mass is 32.2. The summed E-state index contributed by atoms with van der Waals surface area (Å²) in [5.74, 6) is 4.23. The Morgan fingerprint density at radius 1 is 1.04 bits per heavy atom. The Morgan fingerprint density at radius 2 is 1.71 bits per heavy atom.